The molecule has 182 valence electrons. The maximum Gasteiger partial charge on any atom is 0.411 e. The van der Waals surface area contributed by atoms with Crippen LogP contribution in [-0.2, 0) is 15.6 Å². The Morgan fingerprint density at radius 3 is 1.89 bits per heavy atom. The van der Waals surface area contributed by atoms with Crippen molar-refractivity contribution in [3.63, 3.8) is 0 Å². The van der Waals surface area contributed by atoms with Crippen LogP contribution < -0.4 is 10.2 Å². The van der Waals surface area contributed by atoms with Crippen molar-refractivity contribution in [3.05, 3.63) is 95.1 Å². The molecule has 0 radical (unpaired) electrons. The first kappa shape index (κ1) is 23.5. The Bertz CT molecular complexity index is 1110. The van der Waals surface area contributed by atoms with Crippen molar-refractivity contribution >= 4 is 17.5 Å². The van der Waals surface area contributed by atoms with Crippen molar-refractivity contribution in [1.29, 1.82) is 0 Å². The second kappa shape index (κ2) is 9.41. The molecule has 2 aliphatic rings. The van der Waals surface area contributed by atoms with E-state index in [-0.39, 0.29) is 16.9 Å². The quantitative estimate of drug-likeness (QED) is 0.387. The van der Waals surface area contributed by atoms with E-state index < -0.39 is 0 Å². The molecule has 4 heteroatoms. The average Bonchev–Trinajstić information content (AvgIpc) is 2.89. The minimum Gasteiger partial charge on any atom is -0.449 e. The molecule has 1 N–H and O–H groups in total. The molecule has 0 spiro atoms. The molecular formula is C31H36N2O2. The molecule has 0 saturated heterocycles. The fraction of sp³-hybridized carbons (Fsp3) is 0.387. The average molecular weight is 469 g/mol. The van der Waals surface area contributed by atoms with E-state index in [0.29, 0.717) is 6.61 Å². The summed E-state index contributed by atoms with van der Waals surface area (Å²) in [7, 11) is 0. The zero-order chi connectivity index (χ0) is 24.5. The van der Waals surface area contributed by atoms with E-state index in [1.54, 1.807) is 0 Å². The van der Waals surface area contributed by atoms with Gasteiger partial charge in [-0.15, -0.1) is 0 Å². The molecule has 4 nitrogen and oxygen atoms in total. The van der Waals surface area contributed by atoms with E-state index >= 15 is 0 Å². The van der Waals surface area contributed by atoms with Gasteiger partial charge in [-0.2, -0.15) is 0 Å². The number of anilines is 2. The van der Waals surface area contributed by atoms with Gasteiger partial charge in [-0.05, 0) is 53.6 Å². The van der Waals surface area contributed by atoms with Gasteiger partial charge in [0.15, 0.2) is 0 Å². The van der Waals surface area contributed by atoms with Crippen molar-refractivity contribution in [3.8, 4) is 0 Å². The number of benzene rings is 3. The van der Waals surface area contributed by atoms with Gasteiger partial charge in [0.25, 0.3) is 0 Å². The molecule has 0 aromatic heterocycles. The molecule has 2 heterocycles. The number of hydrogen-bond acceptors (Lipinski definition) is 3. The van der Waals surface area contributed by atoms with Crippen molar-refractivity contribution in [2.45, 2.75) is 57.3 Å². The number of nitrogens with one attached hydrogen (secondary N) is 1. The summed E-state index contributed by atoms with van der Waals surface area (Å²) in [5.74, 6) is 0. The number of hydrogen-bond donors (Lipinski definition) is 1. The number of unbranched alkanes of at least 4 members (excludes halogenated alkanes) is 1. The largest absolute Gasteiger partial charge is 0.449 e. The summed E-state index contributed by atoms with van der Waals surface area (Å²) < 4.78 is 5.45. The minimum atomic E-state index is -0.378. The highest BCUT2D eigenvalue weighted by molar-refractivity contribution is 5.87. The summed E-state index contributed by atoms with van der Waals surface area (Å²) in [6, 6.07) is 26.0. The molecule has 1 amide bonds. The lowest BCUT2D eigenvalue weighted by Crippen LogP contribution is -2.47. The molecule has 0 bridgehead atoms. The molecule has 2 atom stereocenters. The number of carbonyl (C=O) groups excluding carboxylic acids is 1. The Hall–Kier alpha value is -3.27. The lowest BCUT2D eigenvalue weighted by Gasteiger charge is -2.50. The third-order valence-electron chi connectivity index (χ3n) is 8.18. The van der Waals surface area contributed by atoms with Gasteiger partial charge in [0.05, 0.1) is 6.61 Å². The van der Waals surface area contributed by atoms with Gasteiger partial charge >= 0.3 is 6.09 Å². The predicted octanol–water partition coefficient (Wildman–Crippen LogP) is 7.26. The first-order chi connectivity index (χ1) is 17.0. The Labute approximate surface area is 209 Å². The third-order valence-corrected chi connectivity index (χ3v) is 8.18. The number of ether oxygens (including phenoxy) is 1. The Morgan fingerprint density at radius 1 is 0.886 bits per heavy atom. The molecular weight excluding hydrogens is 432 g/mol. The molecule has 0 fully saturated rings. The third kappa shape index (κ3) is 4.20. The molecule has 5 rings (SSSR count). The van der Waals surface area contributed by atoms with Crippen LogP contribution >= 0.6 is 0 Å². The summed E-state index contributed by atoms with van der Waals surface area (Å²) >= 11 is 0. The smallest absolute Gasteiger partial charge is 0.411 e. The van der Waals surface area contributed by atoms with Crippen LogP contribution in [0.5, 0.6) is 0 Å². The number of amides is 1. The van der Waals surface area contributed by atoms with E-state index in [2.05, 4.69) is 104 Å². The van der Waals surface area contributed by atoms with Gasteiger partial charge in [0, 0.05) is 35.3 Å². The second-order valence-electron chi connectivity index (χ2n) is 10.4. The molecule has 3 aromatic rings. The maximum atomic E-state index is 12.7. The highest BCUT2D eigenvalue weighted by Gasteiger charge is 2.45. The minimum absolute atomic E-state index is 0.138. The topological polar surface area (TPSA) is 41.6 Å². The summed E-state index contributed by atoms with van der Waals surface area (Å²) in [6.45, 7) is 9.30. The van der Waals surface area contributed by atoms with Gasteiger partial charge in [0.2, 0.25) is 0 Å². The normalized spacial score (nSPS) is 22.9. The zero-order valence-corrected chi connectivity index (χ0v) is 21.1. The number of rotatable bonds is 6. The van der Waals surface area contributed by atoms with Crippen LogP contribution in [0, 0.1) is 0 Å². The van der Waals surface area contributed by atoms with Crippen LogP contribution in [0.1, 0.15) is 68.7 Å². The van der Waals surface area contributed by atoms with Crippen LogP contribution in [0.25, 0.3) is 0 Å². The van der Waals surface area contributed by atoms with Crippen LogP contribution in [-0.4, -0.2) is 25.8 Å². The standard InChI is InChI=1S/C31H36N2O2/c1-4-5-20-35-29(34)32-25-21-26-28-27(22-25)31(3,24-14-10-7-11-15-24)17-19-33(28)18-16-30(26,2)23-12-8-6-9-13-23/h6-15,21-22H,4-5,16-20H2,1-3H3,(H,32,34)/t30-,31-/m0/s1. The van der Waals surface area contributed by atoms with Crippen LogP contribution in [0.3, 0.4) is 0 Å². The highest BCUT2D eigenvalue weighted by atomic mass is 16.5. The summed E-state index contributed by atoms with van der Waals surface area (Å²) in [5, 5.41) is 3.06. The van der Waals surface area contributed by atoms with Crippen LogP contribution in [0.2, 0.25) is 0 Å². The van der Waals surface area contributed by atoms with Gasteiger partial charge in [-0.1, -0.05) is 87.9 Å². The summed E-state index contributed by atoms with van der Waals surface area (Å²) in [6.07, 6.45) is 3.57. The Balaban J connectivity index is 1.66. The van der Waals surface area contributed by atoms with E-state index in [4.69, 9.17) is 4.74 Å². The second-order valence-corrected chi connectivity index (χ2v) is 10.4. The summed E-state index contributed by atoms with van der Waals surface area (Å²) in [4.78, 5) is 15.2. The first-order valence-corrected chi connectivity index (χ1v) is 12.9. The van der Waals surface area contributed by atoms with E-state index in [1.807, 2.05) is 0 Å². The van der Waals surface area contributed by atoms with Crippen molar-refractivity contribution < 1.29 is 9.53 Å². The fourth-order valence-electron chi connectivity index (χ4n) is 5.89. The van der Waals surface area contributed by atoms with E-state index in [1.165, 1.54) is 27.9 Å². The van der Waals surface area contributed by atoms with Gasteiger partial charge in [0.1, 0.15) is 0 Å². The number of nitrogens with zero attached hydrogens (tertiary/aromatic N) is 1. The van der Waals surface area contributed by atoms with Gasteiger partial charge in [-0.3, -0.25) is 5.32 Å². The maximum absolute atomic E-state index is 12.7. The van der Waals surface area contributed by atoms with Crippen molar-refractivity contribution in [2.75, 3.05) is 29.9 Å². The highest BCUT2D eigenvalue weighted by Crippen LogP contribution is 2.54. The lowest BCUT2D eigenvalue weighted by molar-refractivity contribution is 0.160. The SMILES string of the molecule is CCCCOC(=O)Nc1cc2c3c(c1)[C@](C)(c1ccccc1)CCN3CC[C@@]2(C)c1ccccc1. The van der Waals surface area contributed by atoms with Crippen molar-refractivity contribution in [1.82, 2.24) is 0 Å². The fourth-order valence-corrected chi connectivity index (χ4v) is 5.89. The van der Waals surface area contributed by atoms with E-state index in [0.717, 1.165) is 44.5 Å². The molecule has 2 aliphatic heterocycles. The lowest BCUT2D eigenvalue weighted by atomic mass is 9.64. The molecule has 0 unspecified atom stereocenters. The van der Waals surface area contributed by atoms with Crippen molar-refractivity contribution in [2.24, 2.45) is 0 Å². The van der Waals surface area contributed by atoms with E-state index in [9.17, 15) is 4.79 Å². The molecule has 0 saturated carbocycles. The summed E-state index contributed by atoms with van der Waals surface area (Å²) in [5.41, 5.74) is 7.09. The Morgan fingerprint density at radius 2 is 1.40 bits per heavy atom. The Kier molecular flexibility index (Phi) is 6.31. The predicted molar refractivity (Wildman–Crippen MR) is 144 cm³/mol. The van der Waals surface area contributed by atoms with Gasteiger partial charge < -0.3 is 9.64 Å². The number of carbonyl (C=O) groups is 1. The molecule has 35 heavy (non-hydrogen) atoms. The first-order valence-electron chi connectivity index (χ1n) is 12.9. The van der Waals surface area contributed by atoms with Crippen LogP contribution in [0.15, 0.2) is 72.8 Å². The van der Waals surface area contributed by atoms with Gasteiger partial charge in [-0.25, -0.2) is 4.79 Å². The monoisotopic (exact) mass is 468 g/mol. The van der Waals surface area contributed by atoms with Crippen LogP contribution in [0.4, 0.5) is 16.2 Å². The molecule has 3 aromatic carbocycles. The molecule has 0 aliphatic carbocycles. The zero-order valence-electron chi connectivity index (χ0n) is 21.1.